The van der Waals surface area contributed by atoms with Crippen LogP contribution in [0.4, 0.5) is 23.4 Å². The van der Waals surface area contributed by atoms with E-state index >= 15 is 4.39 Å². The molecule has 2 aliphatic heterocycles. The highest BCUT2D eigenvalue weighted by molar-refractivity contribution is 6.33. The average Bonchev–Trinajstić information content (AvgIpc) is 3.56. The van der Waals surface area contributed by atoms with Crippen LogP contribution >= 0.6 is 11.6 Å². The van der Waals surface area contributed by atoms with Gasteiger partial charge in [0.25, 0.3) is 0 Å². The third kappa shape index (κ3) is 3.33. The molecule has 0 fully saturated rings. The second-order valence-electron chi connectivity index (χ2n) is 11.1. The number of hydrogen-bond acceptors (Lipinski definition) is 3. The molecule has 1 N–H and O–H groups in total. The Bertz CT molecular complexity index is 1730. The summed E-state index contributed by atoms with van der Waals surface area (Å²) in [5.74, 6) is 0.300. The first-order valence-corrected chi connectivity index (χ1v) is 13.6. The van der Waals surface area contributed by atoms with Crippen molar-refractivity contribution in [2.45, 2.75) is 57.4 Å². The number of fused-ring (bicyclic) bond motifs is 10. The molecule has 2 atom stereocenters. The molecule has 1 aromatic carbocycles. The number of aryl methyl sites for hydroxylation is 1. The van der Waals surface area contributed by atoms with E-state index in [1.54, 1.807) is 19.2 Å². The van der Waals surface area contributed by atoms with Gasteiger partial charge in [-0.25, -0.2) is 14.1 Å². The molecular weight excluding hydrogens is 542 g/mol. The van der Waals surface area contributed by atoms with E-state index in [-0.39, 0.29) is 5.02 Å². The van der Waals surface area contributed by atoms with Gasteiger partial charge in [-0.1, -0.05) is 36.7 Å². The largest absolute Gasteiger partial charge is 0.417 e. The highest BCUT2D eigenvalue weighted by atomic mass is 35.5. The first-order chi connectivity index (χ1) is 18.9. The van der Waals surface area contributed by atoms with Crippen LogP contribution in [0.1, 0.15) is 65.7 Å². The van der Waals surface area contributed by atoms with Gasteiger partial charge in [0, 0.05) is 43.0 Å². The van der Waals surface area contributed by atoms with Gasteiger partial charge in [-0.2, -0.15) is 18.3 Å². The van der Waals surface area contributed by atoms with Crippen molar-refractivity contribution in [2.24, 2.45) is 0 Å². The molecule has 0 radical (unpaired) electrons. The van der Waals surface area contributed by atoms with E-state index in [9.17, 15) is 13.2 Å². The minimum Gasteiger partial charge on any atom is -0.362 e. The Labute approximate surface area is 233 Å². The average molecular weight is 568 g/mol. The Kier molecular flexibility index (Phi) is 5.22. The Morgan fingerprint density at radius 1 is 1.18 bits per heavy atom. The minimum atomic E-state index is -4.53. The molecular formula is C30H26ClF4N5. The van der Waals surface area contributed by atoms with Crippen molar-refractivity contribution in [3.63, 3.8) is 0 Å². The number of halogens is 5. The zero-order valence-electron chi connectivity index (χ0n) is 22.1. The van der Waals surface area contributed by atoms with Gasteiger partial charge < -0.3 is 9.88 Å². The number of allylic oxidation sites excluding steroid dienone is 2. The predicted molar refractivity (Wildman–Crippen MR) is 146 cm³/mol. The van der Waals surface area contributed by atoms with Gasteiger partial charge in [0.1, 0.15) is 5.82 Å². The Morgan fingerprint density at radius 3 is 2.70 bits per heavy atom. The van der Waals surface area contributed by atoms with Gasteiger partial charge in [-0.15, -0.1) is 0 Å². The van der Waals surface area contributed by atoms with Crippen LogP contribution in [0.25, 0.3) is 11.3 Å². The number of H-pyrrole nitrogens is 1. The lowest BCUT2D eigenvalue weighted by molar-refractivity contribution is -0.137. The summed E-state index contributed by atoms with van der Waals surface area (Å²) in [4.78, 5) is 9.17. The van der Waals surface area contributed by atoms with Crippen molar-refractivity contribution in [1.82, 2.24) is 19.7 Å². The van der Waals surface area contributed by atoms with E-state index in [0.717, 1.165) is 63.6 Å². The smallest absolute Gasteiger partial charge is 0.362 e. The third-order valence-corrected chi connectivity index (χ3v) is 8.97. The van der Waals surface area contributed by atoms with Crippen LogP contribution in [0.2, 0.25) is 5.02 Å². The van der Waals surface area contributed by atoms with E-state index in [4.69, 9.17) is 16.7 Å². The van der Waals surface area contributed by atoms with Crippen LogP contribution in [0.5, 0.6) is 0 Å². The molecule has 4 aromatic rings. The lowest BCUT2D eigenvalue weighted by atomic mass is 9.62. The van der Waals surface area contributed by atoms with E-state index in [1.807, 2.05) is 27.8 Å². The zero-order valence-corrected chi connectivity index (χ0v) is 22.9. The van der Waals surface area contributed by atoms with Crippen LogP contribution in [0.3, 0.4) is 0 Å². The maximum atomic E-state index is 16.2. The zero-order chi connectivity index (χ0) is 28.2. The van der Waals surface area contributed by atoms with Crippen molar-refractivity contribution in [3.8, 4) is 5.69 Å². The molecule has 0 amide bonds. The number of nitrogens with zero attached hydrogens (tertiary/aromatic N) is 4. The summed E-state index contributed by atoms with van der Waals surface area (Å²) in [6, 6.07) is 8.98. The van der Waals surface area contributed by atoms with Crippen molar-refractivity contribution in [3.05, 3.63) is 98.7 Å². The Hall–Kier alpha value is -3.59. The number of nitrogens with one attached hydrogen (secondary N) is 1. The van der Waals surface area contributed by atoms with Crippen molar-refractivity contribution < 1.29 is 17.6 Å². The number of aromatic amines is 1. The highest BCUT2D eigenvalue weighted by Crippen LogP contribution is 2.58. The fourth-order valence-electron chi connectivity index (χ4n) is 6.82. The second kappa shape index (κ2) is 8.22. The summed E-state index contributed by atoms with van der Waals surface area (Å²) >= 11 is 6.36. The summed E-state index contributed by atoms with van der Waals surface area (Å²) < 4.78 is 58.0. The van der Waals surface area contributed by atoms with Crippen LogP contribution in [0, 0.1) is 0 Å². The summed E-state index contributed by atoms with van der Waals surface area (Å²) in [6.07, 6.45) is 1.13. The number of rotatable bonds is 2. The van der Waals surface area contributed by atoms with Gasteiger partial charge in [0.2, 0.25) is 0 Å². The summed E-state index contributed by atoms with van der Waals surface area (Å²) in [5, 5.41) is 5.07. The number of aromatic nitrogens is 4. The number of pyridine rings is 1. The number of alkyl halides is 4. The van der Waals surface area contributed by atoms with Gasteiger partial charge >= 0.3 is 6.18 Å². The Balaban J connectivity index is 1.45. The number of anilines is 1. The summed E-state index contributed by atoms with van der Waals surface area (Å²) in [5.41, 5.74) is 4.75. The molecule has 0 saturated carbocycles. The molecule has 5 nitrogen and oxygen atoms in total. The van der Waals surface area contributed by atoms with Crippen LogP contribution in [-0.2, 0) is 36.6 Å². The fraction of sp³-hybridized carbons (Fsp3) is 0.333. The number of para-hydroxylation sites is 1. The lowest BCUT2D eigenvalue weighted by Gasteiger charge is -2.45. The molecule has 40 heavy (non-hydrogen) atoms. The topological polar surface area (TPSA) is 49.7 Å². The molecule has 2 unspecified atom stereocenters. The van der Waals surface area contributed by atoms with Crippen LogP contribution in [0.15, 0.2) is 48.8 Å². The maximum absolute atomic E-state index is 16.2. The van der Waals surface area contributed by atoms with E-state index in [2.05, 4.69) is 29.9 Å². The molecule has 0 saturated heterocycles. The SMILES string of the molecule is CCc1cccc2c1-n1nc3c(c1C1(C)C2=CC(C)(F)c2[nH]ccc21)CN(c1ncc(C(F)(F)F)cc1Cl)CC3. The molecule has 5 heterocycles. The van der Waals surface area contributed by atoms with E-state index in [1.165, 1.54) is 0 Å². The molecule has 206 valence electrons. The predicted octanol–water partition coefficient (Wildman–Crippen LogP) is 7.29. The molecule has 3 aliphatic rings. The van der Waals surface area contributed by atoms with Gasteiger partial charge in [-0.3, -0.25) is 0 Å². The van der Waals surface area contributed by atoms with Gasteiger partial charge in [0.15, 0.2) is 5.67 Å². The quantitative estimate of drug-likeness (QED) is 0.259. The first kappa shape index (κ1) is 25.4. The molecule has 1 aliphatic carbocycles. The molecule has 3 aromatic heterocycles. The Morgan fingerprint density at radius 2 is 1.98 bits per heavy atom. The third-order valence-electron chi connectivity index (χ3n) is 8.69. The fourth-order valence-corrected chi connectivity index (χ4v) is 7.10. The van der Waals surface area contributed by atoms with Crippen molar-refractivity contribution >= 4 is 23.0 Å². The monoisotopic (exact) mass is 567 g/mol. The summed E-state index contributed by atoms with van der Waals surface area (Å²) in [6.45, 7) is 6.63. The highest BCUT2D eigenvalue weighted by Gasteiger charge is 2.52. The number of hydrogen-bond donors (Lipinski definition) is 1. The summed E-state index contributed by atoms with van der Waals surface area (Å²) in [7, 11) is 0. The molecule has 10 heteroatoms. The standard InChI is InChI=1S/C30H26ClF4N5/c1-4-16-6-5-7-18-21-13-28(2,32)25-20(8-10-36-25)29(21,3)26-19-15-39(11-9-23(19)38-40(26)24(16)18)27-22(31)12-17(14-37-27)30(33,34)35/h5-8,10,12-14,36H,4,9,11,15H2,1-3H3. The molecule has 0 bridgehead atoms. The second-order valence-corrected chi connectivity index (χ2v) is 11.5. The van der Waals surface area contributed by atoms with Gasteiger partial charge in [0.05, 0.1) is 38.8 Å². The first-order valence-electron chi connectivity index (χ1n) is 13.3. The van der Waals surface area contributed by atoms with Crippen molar-refractivity contribution in [2.75, 3.05) is 11.4 Å². The van der Waals surface area contributed by atoms with E-state index < -0.39 is 22.8 Å². The normalized spacial score (nSPS) is 23.1. The lowest BCUT2D eigenvalue weighted by Crippen LogP contribution is -2.41. The van der Waals surface area contributed by atoms with Gasteiger partial charge in [-0.05, 0) is 55.2 Å². The minimum absolute atomic E-state index is 0.0523. The maximum Gasteiger partial charge on any atom is 0.417 e. The van der Waals surface area contributed by atoms with Crippen LogP contribution < -0.4 is 4.90 Å². The van der Waals surface area contributed by atoms with E-state index in [0.29, 0.717) is 31.0 Å². The molecule has 0 spiro atoms. The van der Waals surface area contributed by atoms with Crippen molar-refractivity contribution in [1.29, 1.82) is 0 Å². The number of benzene rings is 1. The molecule has 7 rings (SSSR count). The van der Waals surface area contributed by atoms with Crippen LogP contribution in [-0.4, -0.2) is 26.3 Å².